The number of methoxy groups -OCH3 is 1. The van der Waals surface area contributed by atoms with Crippen LogP contribution < -0.4 is 84.9 Å². The molecule has 2 aromatic carbocycles. The third-order valence-corrected chi connectivity index (χ3v) is 7.99. The second kappa shape index (κ2) is 78.4. The number of carbonyl (C=O) groups excluding carboxylic acids is 7. The minimum absolute atomic E-state index is 0.0133. The molecule has 0 unspecified atom stereocenters. The largest absolute Gasteiger partial charge is 0.468 e. The number of nitrogens with zero attached hydrogens (tertiary/aromatic N) is 1. The molecule has 2 rings (SSSR count). The standard InChI is InChI=1S/C8H9NO.C7H9NO2S.2C4H9NO.C3H10N2.C3H7NO2.C3H7NO.C3H9N.C2H7N3.C2H6N2O.C2H7NO2S.C2H5NO.C2H7N/c9-6-8(10)7-4-2-1-3-5-7;8-6-11(9,10)7-4-2-1-3-5-7;1-4(6)3-5-2;1-2-4(6)3-5;1-4-5(2)3;1-6-3(5)2-4;1-3(5)2-4;1-3-4-2;2*3-1-2(4)5;1-6(4,5)2-3;3-1-2-4;1-2-3/h1-5H,6,9H2;1-5H,6,8H2;5H,3H2,1-2H3;2-3,5H2,1H3;4H,1-3H3;2,4H2,1H3;2,4H2,1H3;4H,3H2,1-2H3;1,3H2,(H3,4,5);1,3H2,(H2,4,5);2-3H2,1H3;2H,1,3H2;2-3H2,1H3. The van der Waals surface area contributed by atoms with Crippen LogP contribution in [0.2, 0.25) is 0 Å². The number of hydrogen-bond donors (Lipinski definition) is 16. The van der Waals surface area contributed by atoms with Gasteiger partial charge in [-0.25, -0.2) is 16.8 Å². The van der Waals surface area contributed by atoms with Gasteiger partial charge in [0.15, 0.2) is 25.5 Å². The van der Waals surface area contributed by atoms with Crippen LogP contribution in [0, 0.1) is 5.41 Å². The SMILES string of the molecule is CC(=O)CN.CCC(=O)CN.CCN.CCNC.CNCC(C)=O.CNN(C)C.COC(=O)CN.CS(=O)(=O)CN.N=C(N)CN.NCC(=O)c1ccccc1.NCC(N)=O.NCC=O.NCS(=O)(=O)c1ccccc1. The topological polar surface area (TPSA) is 572 Å². The number of amidine groups is 1. The van der Waals surface area contributed by atoms with E-state index >= 15 is 0 Å². The first-order chi connectivity index (χ1) is 35.3. The molecule has 0 bridgehead atoms. The fourth-order valence-corrected chi connectivity index (χ4v) is 2.71. The first-order valence-corrected chi connectivity index (χ1v) is 26.3. The van der Waals surface area contributed by atoms with Gasteiger partial charge in [0.05, 0.1) is 63.7 Å². The first kappa shape index (κ1) is 96.2. The zero-order valence-electron chi connectivity index (χ0n) is 47.1. The number of esters is 1. The van der Waals surface area contributed by atoms with Crippen LogP contribution in [0.15, 0.2) is 65.6 Å². The molecule has 31 heteroatoms. The number of rotatable bonds is 16. The second-order valence-electron chi connectivity index (χ2n) is 13.2. The number of nitrogens with two attached hydrogens (primary N) is 12. The molecule has 29 nitrogen and oxygen atoms in total. The molecule has 76 heavy (non-hydrogen) atoms. The maximum Gasteiger partial charge on any atom is 0.319 e. The van der Waals surface area contributed by atoms with Crippen molar-refractivity contribution < 1.29 is 55.1 Å². The predicted octanol–water partition coefficient (Wildman–Crippen LogP) is -5.15. The molecule has 28 N–H and O–H groups in total. The highest BCUT2D eigenvalue weighted by Gasteiger charge is 2.09. The first-order valence-electron chi connectivity index (χ1n) is 22.6. The number of Topliss-reactive ketones (excluding diaryl/α,β-unsaturated/α-hetero) is 4. The van der Waals surface area contributed by atoms with Crippen LogP contribution in [0.4, 0.5) is 0 Å². The highest BCUT2D eigenvalue weighted by atomic mass is 32.2. The van der Waals surface area contributed by atoms with E-state index in [2.05, 4.69) is 39.2 Å². The number of amides is 1. The Bertz CT molecular complexity index is 1780. The van der Waals surface area contributed by atoms with E-state index in [-0.39, 0.29) is 97.4 Å². The van der Waals surface area contributed by atoms with Crippen molar-refractivity contribution in [2.45, 2.75) is 45.9 Å². The summed E-state index contributed by atoms with van der Waals surface area (Å²) >= 11 is 0. The van der Waals surface area contributed by atoms with Gasteiger partial charge in [0, 0.05) is 38.9 Å². The molecule has 0 heterocycles. The van der Waals surface area contributed by atoms with E-state index in [4.69, 9.17) is 67.5 Å². The molecule has 2 aromatic rings. The molecular formula is C45H101N17O12S2. The lowest BCUT2D eigenvalue weighted by Gasteiger charge is -2.02. The van der Waals surface area contributed by atoms with Crippen LogP contribution in [0.3, 0.4) is 0 Å². The number of nitrogens with one attached hydrogen (secondary N) is 4. The van der Waals surface area contributed by atoms with E-state index < -0.39 is 25.6 Å². The lowest BCUT2D eigenvalue weighted by atomic mass is 10.1. The quantitative estimate of drug-likeness (QED) is 0.0187. The number of primary amides is 1. The summed E-state index contributed by atoms with van der Waals surface area (Å²) < 4.78 is 46.0. The molecule has 0 aliphatic carbocycles. The molecule has 0 atom stereocenters. The molecule has 1 amide bonds. The summed E-state index contributed by atoms with van der Waals surface area (Å²) in [6, 6.07) is 17.2. The van der Waals surface area contributed by atoms with E-state index in [1.54, 1.807) is 51.2 Å². The summed E-state index contributed by atoms with van der Waals surface area (Å²) in [4.78, 5) is 69.2. The minimum Gasteiger partial charge on any atom is -0.468 e. The molecule has 0 saturated carbocycles. The molecule has 0 aliphatic heterocycles. The summed E-state index contributed by atoms with van der Waals surface area (Å²) in [6.07, 6.45) is 2.31. The summed E-state index contributed by atoms with van der Waals surface area (Å²) in [5.41, 5.74) is 61.3. The van der Waals surface area contributed by atoms with Gasteiger partial charge in [-0.15, -0.1) is 0 Å². The number of benzene rings is 2. The van der Waals surface area contributed by atoms with Gasteiger partial charge >= 0.3 is 5.97 Å². The molecular weight excluding hydrogens is 1030 g/mol. The molecule has 0 spiro atoms. The summed E-state index contributed by atoms with van der Waals surface area (Å²) in [7, 11) is 4.64. The Balaban J connectivity index is -0.0000000681. The van der Waals surface area contributed by atoms with E-state index in [0.29, 0.717) is 24.8 Å². The molecule has 0 aromatic heterocycles. The van der Waals surface area contributed by atoms with E-state index in [0.717, 1.165) is 19.3 Å². The van der Waals surface area contributed by atoms with Gasteiger partial charge < -0.3 is 89.0 Å². The predicted molar refractivity (Wildman–Crippen MR) is 308 cm³/mol. The van der Waals surface area contributed by atoms with Crippen molar-refractivity contribution in [3.63, 3.8) is 0 Å². The van der Waals surface area contributed by atoms with Gasteiger partial charge in [-0.2, -0.15) is 0 Å². The Hall–Kier alpha value is -5.46. The van der Waals surface area contributed by atoms with E-state index in [1.807, 2.05) is 58.3 Å². The van der Waals surface area contributed by atoms with E-state index in [1.165, 1.54) is 26.2 Å². The Kier molecular flexibility index (Phi) is 99.3. The van der Waals surface area contributed by atoms with Gasteiger partial charge in [-0.3, -0.25) is 44.6 Å². The van der Waals surface area contributed by atoms with Crippen LogP contribution in [-0.4, -0.2) is 195 Å². The fraction of sp³-hybridized carbons (Fsp3) is 0.556. The smallest absolute Gasteiger partial charge is 0.319 e. The second-order valence-corrected chi connectivity index (χ2v) is 17.4. The number of hydrogen-bond acceptors (Lipinski definition) is 27. The number of hydrazine groups is 1. The lowest BCUT2D eigenvalue weighted by Crippen LogP contribution is -2.25. The zero-order valence-corrected chi connectivity index (χ0v) is 48.8. The number of likely N-dealkylation sites (N-methyl/N-ethyl adjacent to an activating group) is 1. The van der Waals surface area contributed by atoms with Crippen LogP contribution in [0.1, 0.15) is 51.4 Å². The van der Waals surface area contributed by atoms with Gasteiger partial charge in [-0.05, 0) is 60.2 Å². The molecule has 0 aliphatic rings. The Morgan fingerprint density at radius 3 is 1.11 bits per heavy atom. The highest BCUT2D eigenvalue weighted by molar-refractivity contribution is 7.91. The minimum atomic E-state index is -3.22. The van der Waals surface area contributed by atoms with E-state index in [9.17, 15) is 45.6 Å². The van der Waals surface area contributed by atoms with Gasteiger partial charge in [0.2, 0.25) is 5.91 Å². The maximum atomic E-state index is 11.1. The van der Waals surface area contributed by atoms with Gasteiger partial charge in [0.1, 0.15) is 35.3 Å². The highest BCUT2D eigenvalue weighted by Crippen LogP contribution is 2.07. The van der Waals surface area contributed by atoms with Crippen molar-refractivity contribution >= 4 is 66.8 Å². The molecule has 0 radical (unpaired) electrons. The van der Waals surface area contributed by atoms with Crippen molar-refractivity contribution in [1.29, 1.82) is 5.41 Å². The third-order valence-electron chi connectivity index (χ3n) is 5.95. The van der Waals surface area contributed by atoms with Crippen molar-refractivity contribution in [2.24, 2.45) is 68.8 Å². The number of carbonyl (C=O) groups is 7. The number of ketones is 4. The van der Waals surface area contributed by atoms with Crippen LogP contribution in [0.5, 0.6) is 0 Å². The number of sulfone groups is 2. The normalized spacial score (nSPS) is 8.78. The summed E-state index contributed by atoms with van der Waals surface area (Å²) in [5.74, 6) is -1.09. The number of aldehydes is 1. The molecule has 0 saturated heterocycles. The van der Waals surface area contributed by atoms with Gasteiger partial charge in [0.25, 0.3) is 0 Å². The third kappa shape index (κ3) is 127. The van der Waals surface area contributed by atoms with Gasteiger partial charge in [-0.1, -0.05) is 69.3 Å². The fourth-order valence-electron chi connectivity index (χ4n) is 1.94. The summed E-state index contributed by atoms with van der Waals surface area (Å²) in [6.45, 7) is 11.8. The van der Waals surface area contributed by atoms with Crippen LogP contribution in [0.25, 0.3) is 0 Å². The lowest BCUT2D eigenvalue weighted by molar-refractivity contribution is -0.139. The van der Waals surface area contributed by atoms with Crippen LogP contribution in [-0.2, 0) is 53.2 Å². The van der Waals surface area contributed by atoms with Crippen molar-refractivity contribution in [2.75, 3.05) is 126 Å². The Morgan fingerprint density at radius 2 is 0.987 bits per heavy atom. The molecule has 450 valence electrons. The van der Waals surface area contributed by atoms with Crippen molar-refractivity contribution in [3.05, 3.63) is 66.2 Å². The Labute approximate surface area is 453 Å². The average molecular weight is 1140 g/mol. The number of ether oxygens (including phenoxy) is 1. The maximum absolute atomic E-state index is 11.1. The van der Waals surface area contributed by atoms with Crippen LogP contribution >= 0.6 is 0 Å². The molecule has 0 fully saturated rings. The Morgan fingerprint density at radius 1 is 0.645 bits per heavy atom. The monoisotopic (exact) mass is 1140 g/mol. The van der Waals surface area contributed by atoms with Crippen molar-refractivity contribution in [3.8, 4) is 0 Å². The van der Waals surface area contributed by atoms with Crippen molar-refractivity contribution in [1.82, 2.24) is 21.1 Å². The zero-order chi connectivity index (χ0) is 62.6. The average Bonchev–Trinajstić information content (AvgIpc) is 3.42. The summed E-state index contributed by atoms with van der Waals surface area (Å²) in [5, 5.41) is 13.9.